The third-order valence-corrected chi connectivity index (χ3v) is 6.08. The summed E-state index contributed by atoms with van der Waals surface area (Å²) in [5.74, 6) is 0. The number of hydrogen-bond acceptors (Lipinski definition) is 5. The van der Waals surface area contributed by atoms with Gasteiger partial charge in [-0.25, -0.2) is 0 Å². The van der Waals surface area contributed by atoms with Crippen LogP contribution in [0.25, 0.3) is 0 Å². The second kappa shape index (κ2) is 10.1. The molecule has 0 unspecified atom stereocenters. The molecule has 0 radical (unpaired) electrons. The Morgan fingerprint density at radius 2 is 1.70 bits per heavy atom. The van der Waals surface area contributed by atoms with E-state index in [0.717, 1.165) is 26.2 Å². The Kier molecular flexibility index (Phi) is 7.59. The average molecular weight is 387 g/mol. The molecule has 0 amide bonds. The minimum absolute atomic E-state index is 0.656. The molecule has 2 aromatic carbocycles. The molecule has 0 N–H and O–H groups in total. The zero-order valence-electron chi connectivity index (χ0n) is 16.6. The topological polar surface area (TPSA) is 24.9 Å². The molecule has 4 nitrogen and oxygen atoms in total. The standard InChI is InChI=1S/C22H30N2O2S/c1-18-8-9-21(19(2)16-18)27-22-7-5-4-6-20(22)24-12-10-23(11-13-24)17-26-15-14-25-3/h4-9,16H,10-15,17H2,1-3H3. The summed E-state index contributed by atoms with van der Waals surface area (Å²) in [5.41, 5.74) is 3.99. The van der Waals surface area contributed by atoms with Gasteiger partial charge in [0.2, 0.25) is 0 Å². The van der Waals surface area contributed by atoms with Gasteiger partial charge in [0.1, 0.15) is 0 Å². The molecule has 0 atom stereocenters. The molecule has 1 fully saturated rings. The van der Waals surface area contributed by atoms with Crippen molar-refractivity contribution < 1.29 is 9.47 Å². The summed E-state index contributed by atoms with van der Waals surface area (Å²) in [6.45, 7) is 10.4. The third kappa shape index (κ3) is 5.72. The molecule has 1 heterocycles. The van der Waals surface area contributed by atoms with Gasteiger partial charge in [-0.2, -0.15) is 0 Å². The Hall–Kier alpha value is -1.53. The fraction of sp³-hybridized carbons (Fsp3) is 0.455. The first kappa shape index (κ1) is 20.2. The van der Waals surface area contributed by atoms with Gasteiger partial charge >= 0.3 is 0 Å². The molecule has 1 saturated heterocycles. The number of rotatable bonds is 8. The van der Waals surface area contributed by atoms with Crippen LogP contribution in [0.1, 0.15) is 11.1 Å². The molecule has 146 valence electrons. The highest BCUT2D eigenvalue weighted by Crippen LogP contribution is 2.37. The number of para-hydroxylation sites is 1. The van der Waals surface area contributed by atoms with Crippen molar-refractivity contribution in [1.82, 2.24) is 4.90 Å². The van der Waals surface area contributed by atoms with Gasteiger partial charge in [-0.15, -0.1) is 0 Å². The fourth-order valence-electron chi connectivity index (χ4n) is 3.29. The van der Waals surface area contributed by atoms with E-state index in [1.807, 2.05) is 11.8 Å². The van der Waals surface area contributed by atoms with Crippen molar-refractivity contribution in [3.05, 3.63) is 53.6 Å². The number of hydrogen-bond donors (Lipinski definition) is 0. The third-order valence-electron chi connectivity index (χ3n) is 4.83. The van der Waals surface area contributed by atoms with E-state index in [2.05, 4.69) is 66.1 Å². The van der Waals surface area contributed by atoms with Crippen LogP contribution >= 0.6 is 11.8 Å². The number of piperazine rings is 1. The first-order chi connectivity index (χ1) is 13.2. The van der Waals surface area contributed by atoms with Gasteiger partial charge < -0.3 is 14.4 Å². The minimum atomic E-state index is 0.656. The van der Waals surface area contributed by atoms with Gasteiger partial charge in [-0.05, 0) is 37.6 Å². The summed E-state index contributed by atoms with van der Waals surface area (Å²) in [5, 5.41) is 0. The van der Waals surface area contributed by atoms with Gasteiger partial charge in [0, 0.05) is 43.1 Å². The molecule has 1 aliphatic heterocycles. The van der Waals surface area contributed by atoms with Crippen molar-refractivity contribution >= 4 is 17.4 Å². The Bertz CT molecular complexity index is 730. The Morgan fingerprint density at radius 3 is 2.44 bits per heavy atom. The number of nitrogens with zero attached hydrogens (tertiary/aromatic N) is 2. The van der Waals surface area contributed by atoms with Crippen LogP contribution < -0.4 is 4.90 Å². The lowest BCUT2D eigenvalue weighted by atomic mass is 10.2. The number of anilines is 1. The smallest absolute Gasteiger partial charge is 0.0992 e. The lowest BCUT2D eigenvalue weighted by Gasteiger charge is -2.36. The summed E-state index contributed by atoms with van der Waals surface area (Å²) in [7, 11) is 1.70. The van der Waals surface area contributed by atoms with E-state index >= 15 is 0 Å². The normalized spacial score (nSPS) is 15.3. The van der Waals surface area contributed by atoms with Crippen molar-refractivity contribution in [3.8, 4) is 0 Å². The van der Waals surface area contributed by atoms with Gasteiger partial charge in [0.05, 0.1) is 25.6 Å². The molecule has 5 heteroatoms. The van der Waals surface area contributed by atoms with Crippen LogP contribution in [0.5, 0.6) is 0 Å². The van der Waals surface area contributed by atoms with Crippen LogP contribution in [0, 0.1) is 13.8 Å². The molecule has 0 bridgehead atoms. The first-order valence-corrected chi connectivity index (χ1v) is 10.4. The van der Waals surface area contributed by atoms with E-state index < -0.39 is 0 Å². The highest BCUT2D eigenvalue weighted by Gasteiger charge is 2.19. The zero-order valence-corrected chi connectivity index (χ0v) is 17.4. The maximum Gasteiger partial charge on any atom is 0.0992 e. The average Bonchev–Trinajstić information content (AvgIpc) is 2.68. The molecule has 0 spiro atoms. The van der Waals surface area contributed by atoms with E-state index in [0.29, 0.717) is 19.9 Å². The molecule has 0 aromatic heterocycles. The van der Waals surface area contributed by atoms with Crippen LogP contribution in [-0.4, -0.2) is 58.1 Å². The van der Waals surface area contributed by atoms with Crippen LogP contribution in [0.15, 0.2) is 52.3 Å². The Morgan fingerprint density at radius 1 is 0.926 bits per heavy atom. The van der Waals surface area contributed by atoms with Crippen molar-refractivity contribution in [2.45, 2.75) is 23.6 Å². The predicted octanol–water partition coefficient (Wildman–Crippen LogP) is 4.20. The van der Waals surface area contributed by atoms with E-state index in [1.54, 1.807) is 7.11 Å². The van der Waals surface area contributed by atoms with E-state index in [-0.39, 0.29) is 0 Å². The lowest BCUT2D eigenvalue weighted by Crippen LogP contribution is -2.47. The molecule has 27 heavy (non-hydrogen) atoms. The molecule has 0 saturated carbocycles. The lowest BCUT2D eigenvalue weighted by molar-refractivity contribution is 0.00138. The van der Waals surface area contributed by atoms with Crippen LogP contribution in [0.3, 0.4) is 0 Å². The number of benzene rings is 2. The highest BCUT2D eigenvalue weighted by molar-refractivity contribution is 7.99. The van der Waals surface area contributed by atoms with Gasteiger partial charge in [0.25, 0.3) is 0 Å². The highest BCUT2D eigenvalue weighted by atomic mass is 32.2. The summed E-state index contributed by atoms with van der Waals surface area (Å²) >= 11 is 1.87. The maximum absolute atomic E-state index is 5.66. The number of methoxy groups -OCH3 is 1. The maximum atomic E-state index is 5.66. The molecular formula is C22H30N2O2S. The zero-order chi connectivity index (χ0) is 19.1. The second-order valence-electron chi connectivity index (χ2n) is 6.97. The SMILES string of the molecule is COCCOCN1CCN(c2ccccc2Sc2ccc(C)cc2C)CC1. The summed E-state index contributed by atoms with van der Waals surface area (Å²) in [4.78, 5) is 7.52. The van der Waals surface area contributed by atoms with E-state index in [4.69, 9.17) is 9.47 Å². The molecule has 1 aliphatic rings. The number of ether oxygens (including phenoxy) is 2. The minimum Gasteiger partial charge on any atom is -0.382 e. The van der Waals surface area contributed by atoms with E-state index in [9.17, 15) is 0 Å². The van der Waals surface area contributed by atoms with E-state index in [1.165, 1.54) is 26.6 Å². The summed E-state index contributed by atoms with van der Waals surface area (Å²) in [6, 6.07) is 15.4. The van der Waals surface area contributed by atoms with Crippen molar-refractivity contribution in [2.24, 2.45) is 0 Å². The van der Waals surface area contributed by atoms with Crippen LogP contribution in [0.4, 0.5) is 5.69 Å². The van der Waals surface area contributed by atoms with Crippen molar-refractivity contribution in [3.63, 3.8) is 0 Å². The monoisotopic (exact) mass is 386 g/mol. The Balaban J connectivity index is 1.61. The number of aryl methyl sites for hydroxylation is 2. The molecular weight excluding hydrogens is 356 g/mol. The van der Waals surface area contributed by atoms with Crippen LogP contribution in [0.2, 0.25) is 0 Å². The van der Waals surface area contributed by atoms with Crippen molar-refractivity contribution in [1.29, 1.82) is 0 Å². The van der Waals surface area contributed by atoms with Crippen molar-refractivity contribution in [2.75, 3.05) is 58.1 Å². The fourth-order valence-corrected chi connectivity index (χ4v) is 4.33. The van der Waals surface area contributed by atoms with Gasteiger partial charge in [-0.3, -0.25) is 4.90 Å². The predicted molar refractivity (Wildman–Crippen MR) is 113 cm³/mol. The molecule has 0 aliphatic carbocycles. The summed E-state index contributed by atoms with van der Waals surface area (Å²) < 4.78 is 10.7. The molecule has 2 aromatic rings. The summed E-state index contributed by atoms with van der Waals surface area (Å²) in [6.07, 6.45) is 0. The van der Waals surface area contributed by atoms with Gasteiger partial charge in [0.15, 0.2) is 0 Å². The molecule has 3 rings (SSSR count). The van der Waals surface area contributed by atoms with Gasteiger partial charge in [-0.1, -0.05) is 41.6 Å². The largest absolute Gasteiger partial charge is 0.382 e. The van der Waals surface area contributed by atoms with Crippen LogP contribution in [-0.2, 0) is 9.47 Å². The Labute approximate surface area is 167 Å². The second-order valence-corrected chi connectivity index (χ2v) is 8.06. The quantitative estimate of drug-likeness (QED) is 0.633. The first-order valence-electron chi connectivity index (χ1n) is 9.55.